The average Bonchev–Trinajstić information content (AvgIpc) is 3.11. The minimum absolute atomic E-state index is 0. The van der Waals surface area contributed by atoms with E-state index in [1.165, 1.54) is 25.9 Å². The normalized spacial score (nSPS) is 22.1. The molecule has 0 aliphatic carbocycles. The van der Waals surface area contributed by atoms with E-state index in [1.807, 2.05) is 7.05 Å². The zero-order valence-corrected chi connectivity index (χ0v) is 18.0. The summed E-state index contributed by atoms with van der Waals surface area (Å²) in [5.74, 6) is 0.847. The van der Waals surface area contributed by atoms with Gasteiger partial charge in [0.1, 0.15) is 0 Å². The van der Waals surface area contributed by atoms with Gasteiger partial charge in [-0.05, 0) is 52.6 Å². The molecule has 0 atom stereocenters. The zero-order chi connectivity index (χ0) is 16.8. The molecule has 0 spiro atoms. The van der Waals surface area contributed by atoms with Gasteiger partial charge in [-0.2, -0.15) is 0 Å². The minimum Gasteiger partial charge on any atom is -0.381 e. The first kappa shape index (κ1) is 21.9. The van der Waals surface area contributed by atoms with E-state index >= 15 is 0 Å². The molecule has 0 saturated carbocycles. The first-order valence-electron chi connectivity index (χ1n) is 8.84. The molecule has 2 aliphatic heterocycles. The summed E-state index contributed by atoms with van der Waals surface area (Å²) >= 11 is 0. The molecule has 2 rings (SSSR count). The molecule has 0 aromatic rings. The minimum atomic E-state index is -0.205. The molecular formula is C17H35IN4O2. The maximum absolute atomic E-state index is 5.61. The van der Waals surface area contributed by atoms with Gasteiger partial charge in [0, 0.05) is 46.0 Å². The van der Waals surface area contributed by atoms with Crippen LogP contribution in [0.4, 0.5) is 0 Å². The second-order valence-corrected chi connectivity index (χ2v) is 7.27. The fourth-order valence-corrected chi connectivity index (χ4v) is 3.39. The lowest BCUT2D eigenvalue weighted by molar-refractivity contribution is -0.0164. The topological polar surface area (TPSA) is 58.1 Å². The van der Waals surface area contributed by atoms with Gasteiger partial charge in [-0.15, -0.1) is 24.0 Å². The largest absolute Gasteiger partial charge is 0.381 e. The van der Waals surface area contributed by atoms with Crippen LogP contribution in [0.3, 0.4) is 0 Å². The molecule has 2 heterocycles. The number of rotatable bonds is 6. The van der Waals surface area contributed by atoms with Gasteiger partial charge in [-0.1, -0.05) is 0 Å². The van der Waals surface area contributed by atoms with Crippen LogP contribution in [0.5, 0.6) is 0 Å². The molecule has 24 heavy (non-hydrogen) atoms. The quantitative estimate of drug-likeness (QED) is 0.365. The van der Waals surface area contributed by atoms with Crippen LogP contribution in [-0.2, 0) is 9.47 Å². The third kappa shape index (κ3) is 6.00. The molecule has 0 aromatic carbocycles. The Balaban J connectivity index is 0.00000288. The molecule has 0 unspecified atom stereocenters. The molecule has 0 radical (unpaired) electrons. The Morgan fingerprint density at radius 1 is 1.21 bits per heavy atom. The first-order valence-corrected chi connectivity index (χ1v) is 8.84. The number of halogens is 1. The Labute approximate surface area is 164 Å². The molecule has 2 saturated heterocycles. The Morgan fingerprint density at radius 3 is 2.38 bits per heavy atom. The Bertz CT molecular complexity index is 392. The molecule has 7 heteroatoms. The van der Waals surface area contributed by atoms with E-state index in [0.29, 0.717) is 0 Å². The number of nitrogens with one attached hydrogen (secondary N) is 2. The van der Waals surface area contributed by atoms with Crippen LogP contribution in [0.15, 0.2) is 4.99 Å². The number of methoxy groups -OCH3 is 1. The van der Waals surface area contributed by atoms with Gasteiger partial charge in [0.05, 0.1) is 5.60 Å². The van der Waals surface area contributed by atoms with E-state index in [9.17, 15) is 0 Å². The number of hydrogen-bond acceptors (Lipinski definition) is 4. The molecule has 0 aromatic heterocycles. The summed E-state index contributed by atoms with van der Waals surface area (Å²) in [6.07, 6.45) is 4.83. The smallest absolute Gasteiger partial charge is 0.191 e. The summed E-state index contributed by atoms with van der Waals surface area (Å²) in [4.78, 5) is 7.02. The number of hydrogen-bond donors (Lipinski definition) is 2. The van der Waals surface area contributed by atoms with E-state index in [1.54, 1.807) is 7.11 Å². The monoisotopic (exact) mass is 454 g/mol. The highest BCUT2D eigenvalue weighted by Crippen LogP contribution is 2.30. The highest BCUT2D eigenvalue weighted by molar-refractivity contribution is 14.0. The van der Waals surface area contributed by atoms with E-state index in [4.69, 9.17) is 9.47 Å². The van der Waals surface area contributed by atoms with Gasteiger partial charge >= 0.3 is 0 Å². The number of guanidine groups is 1. The Hall–Kier alpha value is -0.120. The summed E-state index contributed by atoms with van der Waals surface area (Å²) in [6, 6.07) is 0. The standard InChI is InChI=1S/C17H34N4O2.HI/c1-16(2,22-4)13-19-15(18-3)20-14-17(7-11-23-12-8-17)21-9-5-6-10-21;/h5-14H2,1-4H3,(H2,18,19,20);1H. The van der Waals surface area contributed by atoms with Crippen molar-refractivity contribution in [1.82, 2.24) is 15.5 Å². The third-order valence-electron chi connectivity index (χ3n) is 5.24. The Morgan fingerprint density at radius 2 is 1.83 bits per heavy atom. The van der Waals surface area contributed by atoms with Gasteiger partial charge in [-0.3, -0.25) is 9.89 Å². The zero-order valence-electron chi connectivity index (χ0n) is 15.7. The van der Waals surface area contributed by atoms with Crippen molar-refractivity contribution in [3.05, 3.63) is 0 Å². The van der Waals surface area contributed by atoms with Crippen LogP contribution < -0.4 is 10.6 Å². The van der Waals surface area contributed by atoms with Gasteiger partial charge < -0.3 is 20.1 Å². The van der Waals surface area contributed by atoms with E-state index < -0.39 is 0 Å². The summed E-state index contributed by atoms with van der Waals surface area (Å²) in [7, 11) is 3.56. The van der Waals surface area contributed by atoms with E-state index in [2.05, 4.69) is 34.4 Å². The maximum Gasteiger partial charge on any atom is 0.191 e. The van der Waals surface area contributed by atoms with Crippen molar-refractivity contribution in [2.45, 2.75) is 50.7 Å². The van der Waals surface area contributed by atoms with Crippen molar-refractivity contribution in [3.8, 4) is 0 Å². The molecule has 2 aliphatic rings. The molecule has 2 fully saturated rings. The molecule has 0 amide bonds. The van der Waals surface area contributed by atoms with Crippen molar-refractivity contribution in [2.75, 3.05) is 53.6 Å². The number of likely N-dealkylation sites (tertiary alicyclic amines) is 1. The van der Waals surface area contributed by atoms with Crippen molar-refractivity contribution >= 4 is 29.9 Å². The second kappa shape index (κ2) is 10.1. The SMILES string of the molecule is CN=C(NCC(C)(C)OC)NCC1(N2CCCC2)CCOCC1.I. The van der Waals surface area contributed by atoms with Crippen molar-refractivity contribution < 1.29 is 9.47 Å². The summed E-state index contributed by atoms with van der Waals surface area (Å²) in [5, 5.41) is 6.91. The van der Waals surface area contributed by atoms with Crippen LogP contribution in [0.25, 0.3) is 0 Å². The van der Waals surface area contributed by atoms with E-state index in [0.717, 1.165) is 45.1 Å². The number of ether oxygens (including phenoxy) is 2. The van der Waals surface area contributed by atoms with Gasteiger partial charge in [0.15, 0.2) is 5.96 Å². The van der Waals surface area contributed by atoms with Crippen LogP contribution in [0, 0.1) is 0 Å². The van der Waals surface area contributed by atoms with E-state index in [-0.39, 0.29) is 35.1 Å². The molecule has 6 nitrogen and oxygen atoms in total. The van der Waals surface area contributed by atoms with Crippen molar-refractivity contribution in [3.63, 3.8) is 0 Å². The number of aliphatic imine (C=N–C) groups is 1. The number of nitrogens with zero attached hydrogens (tertiary/aromatic N) is 2. The third-order valence-corrected chi connectivity index (χ3v) is 5.24. The summed E-state index contributed by atoms with van der Waals surface area (Å²) in [6.45, 7) is 9.93. The molecule has 0 bridgehead atoms. The maximum atomic E-state index is 5.61. The lowest BCUT2D eigenvalue weighted by atomic mass is 9.88. The van der Waals surface area contributed by atoms with Crippen LogP contribution in [0.1, 0.15) is 39.5 Å². The first-order chi connectivity index (χ1) is 11.0. The molecule has 142 valence electrons. The molecular weight excluding hydrogens is 419 g/mol. The van der Waals surface area contributed by atoms with Crippen molar-refractivity contribution in [2.24, 2.45) is 4.99 Å². The van der Waals surface area contributed by atoms with Crippen molar-refractivity contribution in [1.29, 1.82) is 0 Å². The summed E-state index contributed by atoms with van der Waals surface area (Å²) in [5.41, 5.74) is 0.00603. The van der Waals surface area contributed by atoms with Gasteiger partial charge in [-0.25, -0.2) is 0 Å². The fraction of sp³-hybridized carbons (Fsp3) is 0.941. The second-order valence-electron chi connectivity index (χ2n) is 7.27. The van der Waals surface area contributed by atoms with Gasteiger partial charge in [0.2, 0.25) is 0 Å². The lowest BCUT2D eigenvalue weighted by Crippen LogP contribution is -2.59. The molecule has 2 N–H and O–H groups in total. The Kier molecular flexibility index (Phi) is 9.25. The van der Waals surface area contributed by atoms with Crippen LogP contribution in [-0.4, -0.2) is 75.5 Å². The average molecular weight is 454 g/mol. The van der Waals surface area contributed by atoms with Crippen LogP contribution in [0.2, 0.25) is 0 Å². The fourth-order valence-electron chi connectivity index (χ4n) is 3.39. The summed E-state index contributed by atoms with van der Waals surface area (Å²) < 4.78 is 11.1. The lowest BCUT2D eigenvalue weighted by Gasteiger charge is -2.45. The predicted molar refractivity (Wildman–Crippen MR) is 109 cm³/mol. The highest BCUT2D eigenvalue weighted by Gasteiger charge is 2.39. The van der Waals surface area contributed by atoms with Crippen LogP contribution >= 0.6 is 24.0 Å². The van der Waals surface area contributed by atoms with Gasteiger partial charge in [0.25, 0.3) is 0 Å². The predicted octanol–water partition coefficient (Wildman–Crippen LogP) is 1.84. The highest BCUT2D eigenvalue weighted by atomic mass is 127.